The number of rotatable bonds is 11. The van der Waals surface area contributed by atoms with Gasteiger partial charge in [-0.2, -0.15) is 0 Å². The summed E-state index contributed by atoms with van der Waals surface area (Å²) in [4.78, 5) is 37.2. The van der Waals surface area contributed by atoms with Crippen LogP contribution in [0.25, 0.3) is 6.08 Å². The molecular formula is C24H25N3O6S2. The molecule has 11 heteroatoms. The normalized spacial score (nSPS) is 14.4. The summed E-state index contributed by atoms with van der Waals surface area (Å²) in [5, 5.41) is 23.2. The third kappa shape index (κ3) is 7.27. The highest BCUT2D eigenvalue weighted by Gasteiger charge is 2.31. The average molecular weight is 516 g/mol. The summed E-state index contributed by atoms with van der Waals surface area (Å²) in [5.74, 6) is 0.0574. The van der Waals surface area contributed by atoms with Crippen molar-refractivity contribution in [3.63, 3.8) is 0 Å². The van der Waals surface area contributed by atoms with Crippen LogP contribution in [0.5, 0.6) is 11.5 Å². The number of thiocarbonyl (C=S) groups is 1. The van der Waals surface area contributed by atoms with Crippen molar-refractivity contribution in [2.75, 3.05) is 18.5 Å². The lowest BCUT2D eigenvalue weighted by atomic mass is 10.1. The Balaban J connectivity index is 1.44. The molecule has 2 aromatic rings. The van der Waals surface area contributed by atoms with Crippen LogP contribution in [0.15, 0.2) is 47.4 Å². The van der Waals surface area contributed by atoms with E-state index in [1.165, 1.54) is 42.1 Å². The standard InChI is InChI=1S/C24H25N3O6S2/c1-2-33-20-14-16(7-12-19(20)28)15-21-23(30)26(24(34)35-21)13-5-3-4-6-22(29)25-17-8-10-18(11-9-17)27(31)32/h7-12,14-15,28H,2-6,13H2,1H3,(H,25,29)/b21-15-. The van der Waals surface area contributed by atoms with Crippen molar-refractivity contribution >= 4 is 57.6 Å². The molecule has 0 saturated carbocycles. The molecule has 1 aliphatic heterocycles. The molecule has 0 radical (unpaired) electrons. The number of carbonyl (C=O) groups excluding carboxylic acids is 2. The minimum Gasteiger partial charge on any atom is -0.504 e. The molecular weight excluding hydrogens is 490 g/mol. The zero-order chi connectivity index (χ0) is 25.4. The summed E-state index contributed by atoms with van der Waals surface area (Å²) in [6, 6.07) is 10.6. The highest BCUT2D eigenvalue weighted by molar-refractivity contribution is 8.26. The number of unbranched alkanes of at least 4 members (excludes halogenated alkanes) is 2. The summed E-state index contributed by atoms with van der Waals surface area (Å²) >= 11 is 6.60. The Hall–Kier alpha value is -3.44. The molecule has 1 fully saturated rings. The molecule has 2 amide bonds. The number of phenolic OH excluding ortho intramolecular Hbond substituents is 1. The van der Waals surface area contributed by atoms with Gasteiger partial charge in [0.25, 0.3) is 11.6 Å². The van der Waals surface area contributed by atoms with Crippen molar-refractivity contribution in [3.8, 4) is 11.5 Å². The van der Waals surface area contributed by atoms with Gasteiger partial charge < -0.3 is 15.2 Å². The van der Waals surface area contributed by atoms with Gasteiger partial charge in [-0.25, -0.2) is 0 Å². The smallest absolute Gasteiger partial charge is 0.269 e. The average Bonchev–Trinajstić information content (AvgIpc) is 3.08. The number of non-ortho nitro benzene ring substituents is 1. The number of nitro benzene ring substituents is 1. The highest BCUT2D eigenvalue weighted by Crippen LogP contribution is 2.34. The molecule has 0 spiro atoms. The monoisotopic (exact) mass is 515 g/mol. The summed E-state index contributed by atoms with van der Waals surface area (Å²) in [7, 11) is 0. The van der Waals surface area contributed by atoms with E-state index >= 15 is 0 Å². The third-order valence-corrected chi connectivity index (χ3v) is 6.48. The summed E-state index contributed by atoms with van der Waals surface area (Å²) in [5.41, 5.74) is 1.20. The van der Waals surface area contributed by atoms with Crippen molar-refractivity contribution < 1.29 is 24.4 Å². The number of hydrogen-bond donors (Lipinski definition) is 2. The number of carbonyl (C=O) groups is 2. The van der Waals surface area contributed by atoms with E-state index in [-0.39, 0.29) is 23.3 Å². The molecule has 0 atom stereocenters. The van der Waals surface area contributed by atoms with Crippen molar-refractivity contribution in [1.29, 1.82) is 0 Å². The summed E-state index contributed by atoms with van der Waals surface area (Å²) in [6.07, 6.45) is 4.09. The number of ether oxygens (including phenoxy) is 1. The fourth-order valence-corrected chi connectivity index (χ4v) is 4.67. The van der Waals surface area contributed by atoms with E-state index in [0.29, 0.717) is 53.1 Å². The van der Waals surface area contributed by atoms with E-state index in [2.05, 4.69) is 5.32 Å². The first-order valence-electron chi connectivity index (χ1n) is 11.0. The number of nitrogens with one attached hydrogen (secondary N) is 1. The van der Waals surface area contributed by atoms with Gasteiger partial charge >= 0.3 is 0 Å². The van der Waals surface area contributed by atoms with Crippen LogP contribution in [-0.2, 0) is 9.59 Å². The van der Waals surface area contributed by atoms with Gasteiger partial charge in [-0.1, -0.05) is 36.5 Å². The van der Waals surface area contributed by atoms with Gasteiger partial charge in [0, 0.05) is 30.8 Å². The predicted octanol–water partition coefficient (Wildman–Crippen LogP) is 5.10. The predicted molar refractivity (Wildman–Crippen MR) is 139 cm³/mol. The van der Waals surface area contributed by atoms with Gasteiger partial charge in [0.1, 0.15) is 4.32 Å². The lowest BCUT2D eigenvalue weighted by Gasteiger charge is -2.14. The van der Waals surface area contributed by atoms with Crippen LogP contribution < -0.4 is 10.1 Å². The molecule has 0 aliphatic carbocycles. The molecule has 2 aromatic carbocycles. The number of nitrogens with zero attached hydrogens (tertiary/aromatic N) is 2. The van der Waals surface area contributed by atoms with Crippen molar-refractivity contribution in [2.45, 2.75) is 32.6 Å². The molecule has 0 unspecified atom stereocenters. The largest absolute Gasteiger partial charge is 0.504 e. The number of phenols is 1. The minimum atomic E-state index is -0.495. The molecule has 0 aromatic heterocycles. The van der Waals surface area contributed by atoms with Crippen LogP contribution in [0.3, 0.4) is 0 Å². The van der Waals surface area contributed by atoms with Gasteiger partial charge in [0.05, 0.1) is 16.4 Å². The molecule has 0 bridgehead atoms. The molecule has 1 heterocycles. The quantitative estimate of drug-likeness (QED) is 0.139. The Labute approximate surface area is 212 Å². The lowest BCUT2D eigenvalue weighted by Crippen LogP contribution is -2.29. The van der Waals surface area contributed by atoms with Crippen LogP contribution in [0.2, 0.25) is 0 Å². The van der Waals surface area contributed by atoms with E-state index in [4.69, 9.17) is 17.0 Å². The first-order chi connectivity index (χ1) is 16.8. The van der Waals surface area contributed by atoms with E-state index < -0.39 is 4.92 Å². The number of benzene rings is 2. The molecule has 1 aliphatic rings. The maximum Gasteiger partial charge on any atom is 0.269 e. The van der Waals surface area contributed by atoms with Gasteiger partial charge in [0.2, 0.25) is 5.91 Å². The second kappa shape index (κ2) is 12.3. The number of hydrogen-bond acceptors (Lipinski definition) is 8. The van der Waals surface area contributed by atoms with Crippen LogP contribution in [0, 0.1) is 10.1 Å². The maximum atomic E-state index is 12.8. The molecule has 184 valence electrons. The molecule has 2 N–H and O–H groups in total. The lowest BCUT2D eigenvalue weighted by molar-refractivity contribution is -0.384. The SMILES string of the molecule is CCOc1cc(/C=C2\SC(=S)N(CCCCCC(=O)Nc3ccc([N+](=O)[O-])cc3)C2=O)ccc1O. The third-order valence-electron chi connectivity index (χ3n) is 5.10. The molecule has 3 rings (SSSR count). The Kier molecular flexibility index (Phi) is 9.21. The fraction of sp³-hybridized carbons (Fsp3) is 0.292. The van der Waals surface area contributed by atoms with Crippen molar-refractivity contribution in [2.24, 2.45) is 0 Å². The number of amides is 2. The Morgan fingerprint density at radius 3 is 2.66 bits per heavy atom. The van der Waals surface area contributed by atoms with Gasteiger partial charge in [-0.15, -0.1) is 0 Å². The van der Waals surface area contributed by atoms with Gasteiger partial charge in [-0.05, 0) is 55.7 Å². The number of aromatic hydroxyl groups is 1. The maximum absolute atomic E-state index is 12.8. The van der Waals surface area contributed by atoms with Gasteiger partial charge in [0.15, 0.2) is 11.5 Å². The minimum absolute atomic E-state index is 0.0353. The number of anilines is 1. The van der Waals surface area contributed by atoms with E-state index in [0.717, 1.165) is 12.0 Å². The molecule has 9 nitrogen and oxygen atoms in total. The zero-order valence-electron chi connectivity index (χ0n) is 19.1. The van der Waals surface area contributed by atoms with E-state index in [1.807, 2.05) is 6.92 Å². The number of thioether (sulfide) groups is 1. The van der Waals surface area contributed by atoms with E-state index in [1.54, 1.807) is 23.1 Å². The topological polar surface area (TPSA) is 122 Å². The fourth-order valence-electron chi connectivity index (χ4n) is 3.36. The Morgan fingerprint density at radius 1 is 1.23 bits per heavy atom. The Morgan fingerprint density at radius 2 is 1.97 bits per heavy atom. The van der Waals surface area contributed by atoms with Crippen molar-refractivity contribution in [1.82, 2.24) is 4.90 Å². The number of nitro groups is 1. The van der Waals surface area contributed by atoms with Gasteiger partial charge in [-0.3, -0.25) is 24.6 Å². The first-order valence-corrected chi connectivity index (χ1v) is 12.3. The summed E-state index contributed by atoms with van der Waals surface area (Å²) < 4.78 is 5.88. The molecule has 1 saturated heterocycles. The first kappa shape index (κ1) is 26.2. The summed E-state index contributed by atoms with van der Waals surface area (Å²) in [6.45, 7) is 2.70. The van der Waals surface area contributed by atoms with Crippen LogP contribution >= 0.6 is 24.0 Å². The highest BCUT2D eigenvalue weighted by atomic mass is 32.2. The van der Waals surface area contributed by atoms with E-state index in [9.17, 15) is 24.8 Å². The zero-order valence-corrected chi connectivity index (χ0v) is 20.7. The van der Waals surface area contributed by atoms with Crippen LogP contribution in [0.4, 0.5) is 11.4 Å². The van der Waals surface area contributed by atoms with Crippen molar-refractivity contribution in [3.05, 3.63) is 63.0 Å². The second-order valence-electron chi connectivity index (χ2n) is 7.66. The Bertz CT molecular complexity index is 1150. The second-order valence-corrected chi connectivity index (χ2v) is 9.33. The van der Waals surface area contributed by atoms with Crippen LogP contribution in [-0.4, -0.2) is 44.2 Å². The van der Waals surface area contributed by atoms with Crippen LogP contribution in [0.1, 0.15) is 38.2 Å². The molecule has 35 heavy (non-hydrogen) atoms.